The predicted octanol–water partition coefficient (Wildman–Crippen LogP) is 2.84. The first kappa shape index (κ1) is 16.7. The minimum atomic E-state index is -3.71. The van der Waals surface area contributed by atoms with Crippen LogP contribution in [0.2, 0.25) is 5.02 Å². The smallest absolute Gasteiger partial charge is 0.261 e. The summed E-state index contributed by atoms with van der Waals surface area (Å²) in [5.41, 5.74) is 1.06. The van der Waals surface area contributed by atoms with Crippen molar-refractivity contribution in [2.45, 2.75) is 10.1 Å². The fraction of sp³-hybridized carbons (Fsp3) is 0.0714. The first-order valence-electron chi connectivity index (χ1n) is 6.71. The molecule has 10 heteroatoms. The minimum Gasteiger partial charge on any atom is -0.280 e. The molecule has 0 amide bonds. The third-order valence-electron chi connectivity index (χ3n) is 3.09. The molecule has 3 aromatic rings. The van der Waals surface area contributed by atoms with Crippen LogP contribution >= 0.6 is 23.4 Å². The van der Waals surface area contributed by atoms with E-state index in [4.69, 9.17) is 11.6 Å². The van der Waals surface area contributed by atoms with Crippen LogP contribution in [-0.2, 0) is 10.0 Å². The second kappa shape index (κ2) is 6.80. The van der Waals surface area contributed by atoms with Gasteiger partial charge in [-0.15, -0.1) is 5.10 Å². The number of hydrogen-bond acceptors (Lipinski definition) is 6. The summed E-state index contributed by atoms with van der Waals surface area (Å²) >= 11 is 7.18. The van der Waals surface area contributed by atoms with Crippen molar-refractivity contribution in [3.63, 3.8) is 0 Å². The number of nitrogens with one attached hydrogen (secondary N) is 1. The lowest BCUT2D eigenvalue weighted by atomic mass is 10.3. The number of anilines is 1. The monoisotopic (exact) mass is 381 g/mol. The van der Waals surface area contributed by atoms with Gasteiger partial charge in [0.2, 0.25) is 5.16 Å². The predicted molar refractivity (Wildman–Crippen MR) is 93.2 cm³/mol. The molecule has 1 aromatic heterocycles. The van der Waals surface area contributed by atoms with Crippen LogP contribution in [0.4, 0.5) is 5.69 Å². The van der Waals surface area contributed by atoms with Gasteiger partial charge in [0.05, 0.1) is 16.3 Å². The summed E-state index contributed by atoms with van der Waals surface area (Å²) in [7, 11) is -3.71. The molecule has 24 heavy (non-hydrogen) atoms. The summed E-state index contributed by atoms with van der Waals surface area (Å²) < 4.78 is 28.9. The average molecular weight is 382 g/mol. The highest BCUT2D eigenvalue weighted by atomic mass is 35.5. The Kier molecular flexibility index (Phi) is 4.74. The van der Waals surface area contributed by atoms with E-state index in [2.05, 4.69) is 20.2 Å². The average Bonchev–Trinajstić information content (AvgIpc) is 3.04. The Balaban J connectivity index is 1.91. The van der Waals surface area contributed by atoms with Gasteiger partial charge in [0, 0.05) is 5.02 Å². The Morgan fingerprint density at radius 3 is 2.62 bits per heavy atom. The van der Waals surface area contributed by atoms with Gasteiger partial charge in [0.25, 0.3) is 10.0 Å². The van der Waals surface area contributed by atoms with E-state index in [0.29, 0.717) is 21.6 Å². The Hall–Kier alpha value is -2.10. The topological polar surface area (TPSA) is 89.8 Å². The molecule has 0 saturated heterocycles. The van der Waals surface area contributed by atoms with Gasteiger partial charge >= 0.3 is 0 Å². The zero-order valence-corrected chi connectivity index (χ0v) is 14.8. The Morgan fingerprint density at radius 1 is 1.17 bits per heavy atom. The molecule has 3 rings (SSSR count). The number of benzene rings is 2. The van der Waals surface area contributed by atoms with E-state index in [1.54, 1.807) is 24.3 Å². The first-order chi connectivity index (χ1) is 11.5. The standard InChI is InChI=1S/C14H12ClN5O2S2/c1-23-14-16-18-19-20(14)12-4-2-3-11(9-12)17-24(21,22)13-7-5-10(15)6-8-13/h2-9,17H,1H3. The van der Waals surface area contributed by atoms with Crippen molar-refractivity contribution < 1.29 is 8.42 Å². The Labute approximate surface area is 148 Å². The van der Waals surface area contributed by atoms with Crippen molar-refractivity contribution in [3.05, 3.63) is 53.6 Å². The zero-order chi connectivity index (χ0) is 17.2. The lowest BCUT2D eigenvalue weighted by Gasteiger charge is -2.10. The molecule has 0 aliphatic rings. The largest absolute Gasteiger partial charge is 0.280 e. The second-order valence-corrected chi connectivity index (χ2v) is 7.58. The van der Waals surface area contributed by atoms with Crippen LogP contribution in [0.5, 0.6) is 0 Å². The zero-order valence-electron chi connectivity index (χ0n) is 12.4. The van der Waals surface area contributed by atoms with Gasteiger partial charge < -0.3 is 0 Å². The third kappa shape index (κ3) is 3.53. The molecule has 0 radical (unpaired) electrons. The molecule has 1 heterocycles. The third-order valence-corrected chi connectivity index (χ3v) is 5.36. The van der Waals surface area contributed by atoms with Crippen molar-refractivity contribution in [1.29, 1.82) is 0 Å². The molecule has 124 valence electrons. The van der Waals surface area contributed by atoms with Gasteiger partial charge in [-0.2, -0.15) is 4.68 Å². The van der Waals surface area contributed by atoms with E-state index in [1.165, 1.54) is 40.7 Å². The van der Waals surface area contributed by atoms with Crippen LogP contribution in [-0.4, -0.2) is 34.9 Å². The highest BCUT2D eigenvalue weighted by Crippen LogP contribution is 2.22. The van der Waals surface area contributed by atoms with Crippen molar-refractivity contribution >= 4 is 39.1 Å². The molecule has 0 unspecified atom stereocenters. The van der Waals surface area contributed by atoms with Crippen LogP contribution in [0.1, 0.15) is 0 Å². The maximum absolute atomic E-state index is 12.4. The summed E-state index contributed by atoms with van der Waals surface area (Å²) in [5, 5.41) is 12.5. The number of thioether (sulfide) groups is 1. The van der Waals surface area contributed by atoms with Crippen LogP contribution in [0.15, 0.2) is 58.6 Å². The normalized spacial score (nSPS) is 11.4. The van der Waals surface area contributed by atoms with Gasteiger partial charge in [0.1, 0.15) is 0 Å². The molecule has 0 spiro atoms. The lowest BCUT2D eigenvalue weighted by Crippen LogP contribution is -2.13. The van der Waals surface area contributed by atoms with E-state index in [0.717, 1.165) is 0 Å². The van der Waals surface area contributed by atoms with Gasteiger partial charge in [0.15, 0.2) is 0 Å². The highest BCUT2D eigenvalue weighted by Gasteiger charge is 2.15. The molecule has 0 bridgehead atoms. The van der Waals surface area contributed by atoms with Crippen molar-refractivity contribution in [2.75, 3.05) is 11.0 Å². The van der Waals surface area contributed by atoms with Crippen LogP contribution in [0, 0.1) is 0 Å². The second-order valence-electron chi connectivity index (χ2n) is 4.69. The molecule has 0 aliphatic heterocycles. The number of hydrogen-bond donors (Lipinski definition) is 1. The Morgan fingerprint density at radius 2 is 1.92 bits per heavy atom. The maximum Gasteiger partial charge on any atom is 0.261 e. The van der Waals surface area contributed by atoms with E-state index in [-0.39, 0.29) is 4.90 Å². The van der Waals surface area contributed by atoms with E-state index in [9.17, 15) is 8.42 Å². The Bertz CT molecular complexity index is 957. The quantitative estimate of drug-likeness (QED) is 0.683. The number of nitrogens with zero attached hydrogens (tertiary/aromatic N) is 4. The summed E-state index contributed by atoms with van der Waals surface area (Å²) in [5.74, 6) is 0. The molecule has 0 saturated carbocycles. The molecule has 0 aliphatic carbocycles. The van der Waals surface area contributed by atoms with Crippen molar-refractivity contribution in [1.82, 2.24) is 20.2 Å². The van der Waals surface area contributed by atoms with Gasteiger partial charge in [-0.1, -0.05) is 29.4 Å². The van der Waals surface area contributed by atoms with Gasteiger partial charge in [-0.25, -0.2) is 8.42 Å². The van der Waals surface area contributed by atoms with E-state index in [1.807, 2.05) is 6.26 Å². The summed E-state index contributed by atoms with van der Waals surface area (Å²) in [6.45, 7) is 0. The van der Waals surface area contributed by atoms with Crippen LogP contribution in [0.25, 0.3) is 5.69 Å². The molecular formula is C14H12ClN5O2S2. The molecule has 0 atom stereocenters. The SMILES string of the molecule is CSc1nnnn1-c1cccc(NS(=O)(=O)c2ccc(Cl)cc2)c1. The van der Waals surface area contributed by atoms with E-state index < -0.39 is 10.0 Å². The molecular weight excluding hydrogens is 370 g/mol. The first-order valence-corrected chi connectivity index (χ1v) is 9.79. The molecule has 7 nitrogen and oxygen atoms in total. The molecule has 1 N–H and O–H groups in total. The fourth-order valence-electron chi connectivity index (χ4n) is 2.00. The summed E-state index contributed by atoms with van der Waals surface area (Å²) in [4.78, 5) is 0.129. The summed E-state index contributed by atoms with van der Waals surface area (Å²) in [6.07, 6.45) is 1.86. The molecule has 0 fully saturated rings. The lowest BCUT2D eigenvalue weighted by molar-refractivity contribution is 0.601. The number of halogens is 1. The van der Waals surface area contributed by atoms with Gasteiger partial charge in [-0.3, -0.25) is 4.72 Å². The van der Waals surface area contributed by atoms with Crippen molar-refractivity contribution in [2.24, 2.45) is 0 Å². The molecule has 2 aromatic carbocycles. The highest BCUT2D eigenvalue weighted by molar-refractivity contribution is 7.98. The minimum absolute atomic E-state index is 0.129. The van der Waals surface area contributed by atoms with Crippen molar-refractivity contribution in [3.8, 4) is 5.69 Å². The number of rotatable bonds is 5. The van der Waals surface area contributed by atoms with Crippen LogP contribution < -0.4 is 4.72 Å². The maximum atomic E-state index is 12.4. The number of tetrazole rings is 1. The fourth-order valence-corrected chi connectivity index (χ4v) is 3.61. The number of aromatic nitrogens is 4. The van der Waals surface area contributed by atoms with Crippen LogP contribution in [0.3, 0.4) is 0 Å². The van der Waals surface area contributed by atoms with Gasteiger partial charge in [-0.05, 0) is 59.1 Å². The number of sulfonamides is 1. The summed E-state index contributed by atoms with van der Waals surface area (Å²) in [6, 6.07) is 12.8. The van der Waals surface area contributed by atoms with E-state index >= 15 is 0 Å².